The van der Waals surface area contributed by atoms with Crippen molar-refractivity contribution in [3.8, 4) is 0 Å². The first-order chi connectivity index (χ1) is 9.70. The van der Waals surface area contributed by atoms with Crippen molar-refractivity contribution in [3.05, 3.63) is 28.8 Å². The van der Waals surface area contributed by atoms with Crippen LogP contribution in [0.4, 0.5) is 18.9 Å². The summed E-state index contributed by atoms with van der Waals surface area (Å²) in [7, 11) is 0. The van der Waals surface area contributed by atoms with Gasteiger partial charge in [-0.25, -0.2) is 0 Å². The molecule has 1 aromatic carbocycles. The molecule has 0 saturated carbocycles. The summed E-state index contributed by atoms with van der Waals surface area (Å²) in [5, 5.41) is 5.27. The fourth-order valence-corrected chi connectivity index (χ4v) is 2.03. The topological polar surface area (TPSA) is 50.4 Å². The molecule has 1 aliphatic rings. The van der Waals surface area contributed by atoms with Crippen LogP contribution in [-0.4, -0.2) is 31.2 Å². The molecule has 116 valence electrons. The largest absolute Gasteiger partial charge is 0.416 e. The third-order valence-corrected chi connectivity index (χ3v) is 3.43. The van der Waals surface area contributed by atoms with Crippen molar-refractivity contribution in [2.24, 2.45) is 0 Å². The maximum atomic E-state index is 12.5. The Morgan fingerprint density at radius 2 is 2.14 bits per heavy atom. The second kappa shape index (κ2) is 5.82. The van der Waals surface area contributed by atoms with Crippen molar-refractivity contribution >= 4 is 23.2 Å². The van der Waals surface area contributed by atoms with Gasteiger partial charge in [-0.05, 0) is 25.1 Å². The van der Waals surface area contributed by atoms with Crippen molar-refractivity contribution < 1.29 is 22.7 Å². The van der Waals surface area contributed by atoms with Gasteiger partial charge in [-0.3, -0.25) is 4.79 Å². The van der Waals surface area contributed by atoms with Gasteiger partial charge in [0.1, 0.15) is 6.61 Å². The molecular weight excluding hydrogens is 309 g/mol. The molecule has 2 N–H and O–H groups in total. The minimum Gasteiger partial charge on any atom is -0.363 e. The Hall–Kier alpha value is -1.31. The van der Waals surface area contributed by atoms with E-state index >= 15 is 0 Å². The minimum absolute atomic E-state index is 0.121. The Labute approximate surface area is 124 Å². The maximum Gasteiger partial charge on any atom is 0.416 e. The molecule has 8 heteroatoms. The molecular formula is C13H14ClF3N2O2. The van der Waals surface area contributed by atoms with E-state index in [1.807, 2.05) is 6.92 Å². The van der Waals surface area contributed by atoms with E-state index in [1.165, 1.54) is 0 Å². The van der Waals surface area contributed by atoms with Crippen molar-refractivity contribution in [2.75, 3.05) is 25.0 Å². The second-order valence-electron chi connectivity index (χ2n) is 5.08. The lowest BCUT2D eigenvalue weighted by molar-refractivity contribution is -0.137. The summed E-state index contributed by atoms with van der Waals surface area (Å²) in [6, 6.07) is 2.75. The zero-order valence-corrected chi connectivity index (χ0v) is 11.9. The minimum atomic E-state index is -4.47. The number of hydrogen-bond acceptors (Lipinski definition) is 3. The number of halogens is 4. The average molecular weight is 323 g/mol. The van der Waals surface area contributed by atoms with Crippen molar-refractivity contribution in [3.63, 3.8) is 0 Å². The molecule has 1 heterocycles. The smallest absolute Gasteiger partial charge is 0.363 e. The van der Waals surface area contributed by atoms with Crippen LogP contribution in [0.25, 0.3) is 0 Å². The van der Waals surface area contributed by atoms with E-state index in [2.05, 4.69) is 10.6 Å². The predicted molar refractivity (Wildman–Crippen MR) is 72.3 cm³/mol. The van der Waals surface area contributed by atoms with E-state index in [0.717, 1.165) is 18.2 Å². The highest BCUT2D eigenvalue weighted by atomic mass is 35.5. The van der Waals surface area contributed by atoms with Gasteiger partial charge in [0, 0.05) is 13.1 Å². The van der Waals surface area contributed by atoms with Crippen LogP contribution in [-0.2, 0) is 15.7 Å². The summed E-state index contributed by atoms with van der Waals surface area (Å²) in [6.07, 6.45) is -4.47. The zero-order valence-electron chi connectivity index (χ0n) is 11.2. The molecule has 1 aliphatic heterocycles. The van der Waals surface area contributed by atoms with Crippen molar-refractivity contribution in [1.82, 2.24) is 5.32 Å². The van der Waals surface area contributed by atoms with Crippen LogP contribution in [0, 0.1) is 0 Å². The lowest BCUT2D eigenvalue weighted by Crippen LogP contribution is -2.59. The van der Waals surface area contributed by atoms with Gasteiger partial charge in [0.25, 0.3) is 0 Å². The Morgan fingerprint density at radius 1 is 1.48 bits per heavy atom. The summed E-state index contributed by atoms with van der Waals surface area (Å²) >= 11 is 5.74. The van der Waals surface area contributed by atoms with E-state index < -0.39 is 17.6 Å². The van der Waals surface area contributed by atoms with Gasteiger partial charge in [-0.1, -0.05) is 11.6 Å². The Morgan fingerprint density at radius 3 is 2.62 bits per heavy atom. The molecule has 0 spiro atoms. The number of carbonyl (C=O) groups excluding carboxylic acids is 1. The summed E-state index contributed by atoms with van der Waals surface area (Å²) < 4.78 is 42.9. The standard InChI is InChI=1S/C13H14ClF3N2O2/c1-12(6-18-7-12)21-5-11(20)19-10-3-2-8(4-9(10)14)13(15,16)17/h2-4,18H,5-7H2,1H3,(H,19,20). The first-order valence-corrected chi connectivity index (χ1v) is 6.59. The van der Waals surface area contributed by atoms with Crippen LogP contribution >= 0.6 is 11.6 Å². The number of rotatable bonds is 4. The molecule has 1 saturated heterocycles. The van der Waals surface area contributed by atoms with Gasteiger partial charge in [-0.2, -0.15) is 13.2 Å². The van der Waals surface area contributed by atoms with E-state index in [-0.39, 0.29) is 22.9 Å². The second-order valence-corrected chi connectivity index (χ2v) is 5.49. The number of alkyl halides is 3. The van der Waals surface area contributed by atoms with Gasteiger partial charge in [0.2, 0.25) is 5.91 Å². The number of nitrogens with one attached hydrogen (secondary N) is 2. The van der Waals surface area contributed by atoms with E-state index in [9.17, 15) is 18.0 Å². The number of anilines is 1. The Kier molecular flexibility index (Phi) is 4.46. The molecule has 1 amide bonds. The van der Waals surface area contributed by atoms with E-state index in [1.54, 1.807) is 0 Å². The van der Waals surface area contributed by atoms with E-state index in [4.69, 9.17) is 16.3 Å². The fraction of sp³-hybridized carbons (Fsp3) is 0.462. The van der Waals surface area contributed by atoms with Crippen LogP contribution in [0.5, 0.6) is 0 Å². The highest BCUT2D eigenvalue weighted by molar-refractivity contribution is 6.33. The van der Waals surface area contributed by atoms with Gasteiger partial charge >= 0.3 is 6.18 Å². The molecule has 0 atom stereocenters. The molecule has 1 fully saturated rings. The van der Waals surface area contributed by atoms with Gasteiger partial charge in [0.05, 0.1) is 21.9 Å². The molecule has 0 unspecified atom stereocenters. The summed E-state index contributed by atoms with van der Waals surface area (Å²) in [5.74, 6) is -0.468. The molecule has 0 aromatic heterocycles. The van der Waals surface area contributed by atoms with Crippen LogP contribution in [0.3, 0.4) is 0 Å². The Balaban J connectivity index is 1.94. The first-order valence-electron chi connectivity index (χ1n) is 6.21. The van der Waals surface area contributed by atoms with Crippen molar-refractivity contribution in [1.29, 1.82) is 0 Å². The normalized spacial score (nSPS) is 17.2. The zero-order chi connectivity index (χ0) is 15.7. The molecule has 0 aliphatic carbocycles. The summed E-state index contributed by atoms with van der Waals surface area (Å²) in [4.78, 5) is 11.7. The number of hydrogen-bond donors (Lipinski definition) is 2. The first kappa shape index (κ1) is 16.1. The number of carbonyl (C=O) groups is 1. The SMILES string of the molecule is CC1(OCC(=O)Nc2ccc(C(F)(F)F)cc2Cl)CNC1. The highest BCUT2D eigenvalue weighted by Gasteiger charge is 2.33. The summed E-state index contributed by atoms with van der Waals surface area (Å²) in [5.41, 5.74) is -1.12. The van der Waals surface area contributed by atoms with Gasteiger partial charge < -0.3 is 15.4 Å². The van der Waals surface area contributed by atoms with Crippen LogP contribution in [0.2, 0.25) is 5.02 Å². The van der Waals surface area contributed by atoms with Crippen LogP contribution < -0.4 is 10.6 Å². The fourth-order valence-electron chi connectivity index (χ4n) is 1.80. The number of benzene rings is 1. The average Bonchev–Trinajstić information content (AvgIpc) is 2.35. The maximum absolute atomic E-state index is 12.5. The molecule has 2 rings (SSSR count). The third-order valence-electron chi connectivity index (χ3n) is 3.12. The van der Waals surface area contributed by atoms with Gasteiger partial charge in [0.15, 0.2) is 0 Å². The van der Waals surface area contributed by atoms with Crippen molar-refractivity contribution in [2.45, 2.75) is 18.7 Å². The predicted octanol–water partition coefficient (Wildman–Crippen LogP) is 2.68. The molecule has 21 heavy (non-hydrogen) atoms. The van der Waals surface area contributed by atoms with Crippen LogP contribution in [0.1, 0.15) is 12.5 Å². The summed E-state index contributed by atoms with van der Waals surface area (Å²) in [6.45, 7) is 2.99. The number of ether oxygens (including phenoxy) is 1. The van der Waals surface area contributed by atoms with Crippen LogP contribution in [0.15, 0.2) is 18.2 Å². The lowest BCUT2D eigenvalue weighted by atomic mass is 10.0. The molecule has 0 bridgehead atoms. The molecule has 0 radical (unpaired) electrons. The van der Waals surface area contributed by atoms with Gasteiger partial charge in [-0.15, -0.1) is 0 Å². The third kappa shape index (κ3) is 4.09. The van der Waals surface area contributed by atoms with E-state index in [0.29, 0.717) is 13.1 Å². The quantitative estimate of drug-likeness (QED) is 0.896. The molecule has 4 nitrogen and oxygen atoms in total. The highest BCUT2D eigenvalue weighted by Crippen LogP contribution is 2.33. The number of amides is 1. The Bertz CT molecular complexity index is 545. The molecule has 1 aromatic rings. The monoisotopic (exact) mass is 322 g/mol. The lowest BCUT2D eigenvalue weighted by Gasteiger charge is -2.38.